The van der Waals surface area contributed by atoms with Gasteiger partial charge < -0.3 is 5.73 Å². The predicted molar refractivity (Wildman–Crippen MR) is 50.3 cm³/mol. The minimum absolute atomic E-state index is 0.384. The van der Waals surface area contributed by atoms with Crippen LogP contribution in [0.3, 0.4) is 0 Å². The molecule has 0 aliphatic heterocycles. The van der Waals surface area contributed by atoms with Crippen molar-refractivity contribution in [3.8, 4) is 0 Å². The molecule has 0 amide bonds. The zero-order valence-corrected chi connectivity index (χ0v) is 8.17. The fraction of sp³-hybridized carbons (Fsp3) is 0.625. The lowest BCUT2D eigenvalue weighted by molar-refractivity contribution is 0.607. The highest BCUT2D eigenvalue weighted by atomic mass is 35.5. The molecule has 0 fully saturated rings. The van der Waals surface area contributed by atoms with Gasteiger partial charge in [-0.05, 0) is 13.0 Å². The van der Waals surface area contributed by atoms with Gasteiger partial charge in [0.1, 0.15) is 0 Å². The standard InChI is InChI=1S/C8H14ClN3/c1-6(3-4-10)8-7(9)5-11-12(8)2/h5-6H,3-4,10H2,1-2H3. The van der Waals surface area contributed by atoms with E-state index in [2.05, 4.69) is 12.0 Å². The van der Waals surface area contributed by atoms with Crippen molar-refractivity contribution in [3.63, 3.8) is 0 Å². The van der Waals surface area contributed by atoms with Gasteiger partial charge in [-0.1, -0.05) is 18.5 Å². The molecule has 0 spiro atoms. The summed E-state index contributed by atoms with van der Waals surface area (Å²) in [7, 11) is 1.90. The zero-order chi connectivity index (χ0) is 9.14. The number of hydrogen-bond donors (Lipinski definition) is 1. The second kappa shape index (κ2) is 3.92. The van der Waals surface area contributed by atoms with Gasteiger partial charge in [0, 0.05) is 13.0 Å². The summed E-state index contributed by atoms with van der Waals surface area (Å²) in [5.41, 5.74) is 6.53. The van der Waals surface area contributed by atoms with Gasteiger partial charge >= 0.3 is 0 Å². The summed E-state index contributed by atoms with van der Waals surface area (Å²) in [4.78, 5) is 0. The molecule has 0 bridgehead atoms. The van der Waals surface area contributed by atoms with Gasteiger partial charge in [0.25, 0.3) is 0 Å². The van der Waals surface area contributed by atoms with Gasteiger partial charge in [-0.2, -0.15) is 5.10 Å². The van der Waals surface area contributed by atoms with E-state index in [0.29, 0.717) is 12.5 Å². The molecule has 1 rings (SSSR count). The largest absolute Gasteiger partial charge is 0.330 e. The van der Waals surface area contributed by atoms with E-state index in [-0.39, 0.29) is 0 Å². The highest BCUT2D eigenvalue weighted by Gasteiger charge is 2.13. The molecular formula is C8H14ClN3. The summed E-state index contributed by atoms with van der Waals surface area (Å²) in [5.74, 6) is 0.384. The maximum atomic E-state index is 5.95. The fourth-order valence-electron chi connectivity index (χ4n) is 1.36. The molecule has 0 radical (unpaired) electrons. The Labute approximate surface area is 77.5 Å². The second-order valence-corrected chi connectivity index (χ2v) is 3.39. The lowest BCUT2D eigenvalue weighted by Crippen LogP contribution is -2.08. The van der Waals surface area contributed by atoms with Crippen molar-refractivity contribution in [1.82, 2.24) is 9.78 Å². The Morgan fingerprint density at radius 1 is 1.75 bits per heavy atom. The Bertz CT molecular complexity index is 237. The molecular weight excluding hydrogens is 174 g/mol. The van der Waals surface area contributed by atoms with E-state index in [4.69, 9.17) is 17.3 Å². The molecule has 0 aliphatic carbocycles. The summed E-state index contributed by atoms with van der Waals surface area (Å²) < 4.78 is 1.81. The number of hydrogen-bond acceptors (Lipinski definition) is 2. The maximum absolute atomic E-state index is 5.95. The van der Waals surface area contributed by atoms with Crippen LogP contribution >= 0.6 is 11.6 Å². The van der Waals surface area contributed by atoms with Crippen molar-refractivity contribution in [3.05, 3.63) is 16.9 Å². The number of halogens is 1. The SMILES string of the molecule is CC(CCN)c1c(Cl)cnn1C. The smallest absolute Gasteiger partial charge is 0.0820 e. The highest BCUT2D eigenvalue weighted by Crippen LogP contribution is 2.25. The monoisotopic (exact) mass is 187 g/mol. The summed E-state index contributed by atoms with van der Waals surface area (Å²) in [5, 5.41) is 4.80. The molecule has 68 valence electrons. The Kier molecular flexibility index (Phi) is 3.12. The fourth-order valence-corrected chi connectivity index (χ4v) is 1.71. The first-order chi connectivity index (χ1) is 5.66. The van der Waals surface area contributed by atoms with Crippen LogP contribution in [0.15, 0.2) is 6.20 Å². The van der Waals surface area contributed by atoms with Crippen molar-refractivity contribution in [2.45, 2.75) is 19.3 Å². The number of aromatic nitrogens is 2. The summed E-state index contributed by atoms with van der Waals surface area (Å²) >= 11 is 5.95. The van der Waals surface area contributed by atoms with Crippen LogP contribution in [-0.4, -0.2) is 16.3 Å². The van der Waals surface area contributed by atoms with Crippen LogP contribution < -0.4 is 5.73 Å². The molecule has 1 heterocycles. The molecule has 1 aromatic heterocycles. The molecule has 3 nitrogen and oxygen atoms in total. The van der Waals surface area contributed by atoms with E-state index in [1.807, 2.05) is 11.7 Å². The minimum Gasteiger partial charge on any atom is -0.330 e. The number of rotatable bonds is 3. The molecule has 0 aliphatic rings. The first-order valence-electron chi connectivity index (χ1n) is 4.04. The van der Waals surface area contributed by atoms with Crippen LogP contribution in [0, 0.1) is 0 Å². The molecule has 2 N–H and O–H groups in total. The van der Waals surface area contributed by atoms with Crippen molar-refractivity contribution < 1.29 is 0 Å². The predicted octanol–water partition coefficient (Wildman–Crippen LogP) is 1.53. The Morgan fingerprint density at radius 2 is 2.42 bits per heavy atom. The Hall–Kier alpha value is -0.540. The van der Waals surface area contributed by atoms with Gasteiger partial charge in [0.2, 0.25) is 0 Å². The molecule has 0 aromatic carbocycles. The second-order valence-electron chi connectivity index (χ2n) is 2.98. The molecule has 0 saturated carbocycles. The van der Waals surface area contributed by atoms with Crippen molar-refractivity contribution in [2.75, 3.05) is 6.54 Å². The van der Waals surface area contributed by atoms with Gasteiger partial charge in [-0.3, -0.25) is 4.68 Å². The summed E-state index contributed by atoms with van der Waals surface area (Å²) in [6, 6.07) is 0. The Balaban J connectivity index is 2.85. The molecule has 0 saturated heterocycles. The quantitative estimate of drug-likeness (QED) is 0.780. The lowest BCUT2D eigenvalue weighted by atomic mass is 10.0. The van der Waals surface area contributed by atoms with Crippen LogP contribution in [0.1, 0.15) is 25.0 Å². The van der Waals surface area contributed by atoms with E-state index in [9.17, 15) is 0 Å². The van der Waals surface area contributed by atoms with Crippen LogP contribution in [0.4, 0.5) is 0 Å². The molecule has 1 atom stereocenters. The molecule has 4 heteroatoms. The van der Waals surface area contributed by atoms with Crippen LogP contribution in [0.5, 0.6) is 0 Å². The maximum Gasteiger partial charge on any atom is 0.0820 e. The van der Waals surface area contributed by atoms with Gasteiger partial charge in [-0.25, -0.2) is 0 Å². The third-order valence-corrected chi connectivity index (χ3v) is 2.30. The first kappa shape index (κ1) is 9.55. The third-order valence-electron chi connectivity index (χ3n) is 2.00. The van der Waals surface area contributed by atoms with Gasteiger partial charge in [0.15, 0.2) is 0 Å². The summed E-state index contributed by atoms with van der Waals surface area (Å²) in [6.45, 7) is 2.79. The topological polar surface area (TPSA) is 43.8 Å². The summed E-state index contributed by atoms with van der Waals surface area (Å²) in [6.07, 6.45) is 2.61. The number of nitrogens with zero attached hydrogens (tertiary/aromatic N) is 2. The number of nitrogens with two attached hydrogens (primary N) is 1. The van der Waals surface area contributed by atoms with Crippen molar-refractivity contribution >= 4 is 11.6 Å². The van der Waals surface area contributed by atoms with E-state index in [0.717, 1.165) is 17.1 Å². The molecule has 1 unspecified atom stereocenters. The lowest BCUT2D eigenvalue weighted by Gasteiger charge is -2.10. The van der Waals surface area contributed by atoms with E-state index in [1.165, 1.54) is 0 Å². The average molecular weight is 188 g/mol. The number of aryl methyl sites for hydroxylation is 1. The van der Waals surface area contributed by atoms with E-state index < -0.39 is 0 Å². The van der Waals surface area contributed by atoms with Crippen LogP contribution in [0.25, 0.3) is 0 Å². The first-order valence-corrected chi connectivity index (χ1v) is 4.42. The zero-order valence-electron chi connectivity index (χ0n) is 7.42. The molecule has 1 aromatic rings. The van der Waals surface area contributed by atoms with E-state index in [1.54, 1.807) is 6.20 Å². The average Bonchev–Trinajstić information content (AvgIpc) is 2.32. The van der Waals surface area contributed by atoms with Gasteiger partial charge in [0.05, 0.1) is 16.9 Å². The van der Waals surface area contributed by atoms with Crippen molar-refractivity contribution in [2.24, 2.45) is 12.8 Å². The van der Waals surface area contributed by atoms with Gasteiger partial charge in [-0.15, -0.1) is 0 Å². The third kappa shape index (κ3) is 1.79. The Morgan fingerprint density at radius 3 is 2.83 bits per heavy atom. The van der Waals surface area contributed by atoms with Crippen LogP contribution in [0.2, 0.25) is 5.02 Å². The van der Waals surface area contributed by atoms with Crippen LogP contribution in [-0.2, 0) is 7.05 Å². The highest BCUT2D eigenvalue weighted by molar-refractivity contribution is 6.31. The normalized spacial score (nSPS) is 13.3. The van der Waals surface area contributed by atoms with E-state index >= 15 is 0 Å². The van der Waals surface area contributed by atoms with Crippen molar-refractivity contribution in [1.29, 1.82) is 0 Å². The molecule has 12 heavy (non-hydrogen) atoms. The minimum atomic E-state index is 0.384.